The van der Waals surface area contributed by atoms with Gasteiger partial charge in [0.2, 0.25) is 0 Å². The molecule has 5 heterocycles. The Morgan fingerprint density at radius 1 is 0.667 bits per heavy atom. The maximum absolute atomic E-state index is 12.8. The third kappa shape index (κ3) is 12.0. The first kappa shape index (κ1) is 56.0. The number of hydrogen-bond donors (Lipinski definition) is 17. The molecule has 5 aliphatic rings. The number of benzene rings is 1. The summed E-state index contributed by atoms with van der Waals surface area (Å²) in [5.74, 6) is -5.77. The first-order chi connectivity index (χ1) is 32.7. The number of aliphatic carboxylic acids is 1. The minimum atomic E-state index is -2.85. The Hall–Kier alpha value is -2.35. The van der Waals surface area contributed by atoms with Crippen LogP contribution in [0, 0.1) is 5.92 Å². The fraction of sp³-hybridized carbons (Fsp3) is 0.829. The third-order valence-electron chi connectivity index (χ3n) is 13.0. The van der Waals surface area contributed by atoms with Crippen LogP contribution in [-0.4, -0.2) is 274 Å². The number of hydrogen-bond acceptors (Lipinski definition) is 27. The molecule has 6 rings (SSSR count). The van der Waals surface area contributed by atoms with Crippen molar-refractivity contribution in [1.29, 1.82) is 0 Å². The minimum absolute atomic E-state index is 0.0695. The summed E-state index contributed by atoms with van der Waals surface area (Å²) < 4.78 is 57.4. The van der Waals surface area contributed by atoms with Crippen LogP contribution in [0.2, 0.25) is 0 Å². The van der Waals surface area contributed by atoms with E-state index in [1.54, 1.807) is 30.3 Å². The molecule has 0 amide bonds. The molecule has 9 unspecified atom stereocenters. The molecule has 396 valence electrons. The molecule has 1 aromatic rings. The zero-order chi connectivity index (χ0) is 50.6. The monoisotopic (exact) mass is 1000 g/mol. The molecule has 69 heavy (non-hydrogen) atoms. The van der Waals surface area contributed by atoms with E-state index in [4.69, 9.17) is 53.1 Å². The van der Waals surface area contributed by atoms with Crippen molar-refractivity contribution in [3.05, 3.63) is 35.9 Å². The van der Waals surface area contributed by atoms with Crippen LogP contribution in [0.25, 0.3) is 0 Å². The molecular formula is C41H65NO27. The first-order valence-corrected chi connectivity index (χ1v) is 22.2. The number of carboxylic acid groups (broad SMARTS) is 1. The fourth-order valence-corrected chi connectivity index (χ4v) is 8.72. The SMILES string of the molecule is C[C@H]1C([C@H](O)[C@H](O)CO)O[C@@](OCC2O[C@@H](O[C@@H]3C(O)[C@H](O[C@@H]4C(CO)O[C@@H](OCc5ccccc5)C(O)[C@H]4O)OC(CO)[C@@H]3O)C(N)[C@@H](O[C@@H]3OC(CO)[C@H](O)[C@H](O)C3O)[C@@H]2O)(C(=O)O)C[C@H]1O. The number of ether oxygens (including phenoxy) is 10. The van der Waals surface area contributed by atoms with Crippen molar-refractivity contribution in [2.75, 3.05) is 33.0 Å². The Balaban J connectivity index is 1.25. The van der Waals surface area contributed by atoms with Gasteiger partial charge in [0.25, 0.3) is 5.79 Å². The summed E-state index contributed by atoms with van der Waals surface area (Å²) in [4.78, 5) is 12.8. The molecule has 26 atom stereocenters. The van der Waals surface area contributed by atoms with Crippen LogP contribution in [0.1, 0.15) is 18.9 Å². The van der Waals surface area contributed by atoms with Gasteiger partial charge in [-0.25, -0.2) is 4.79 Å². The Kier molecular flexibility index (Phi) is 19.6. The van der Waals surface area contributed by atoms with Crippen molar-refractivity contribution >= 4 is 5.97 Å². The van der Waals surface area contributed by atoms with Gasteiger partial charge in [0.15, 0.2) is 25.2 Å². The van der Waals surface area contributed by atoms with E-state index in [9.17, 15) is 86.5 Å². The van der Waals surface area contributed by atoms with Gasteiger partial charge in [-0.15, -0.1) is 0 Å². The summed E-state index contributed by atoms with van der Waals surface area (Å²) in [6.07, 6.45) is -43.2. The average molecular weight is 1000 g/mol. The summed E-state index contributed by atoms with van der Waals surface area (Å²) in [5.41, 5.74) is 7.21. The summed E-state index contributed by atoms with van der Waals surface area (Å²) in [6.45, 7) is -3.45. The van der Waals surface area contributed by atoms with E-state index in [0.29, 0.717) is 5.56 Å². The van der Waals surface area contributed by atoms with Crippen LogP contribution in [-0.2, 0) is 58.8 Å². The molecule has 5 fully saturated rings. The number of carboxylic acids is 1. The quantitative estimate of drug-likeness (QED) is 0.0612. The van der Waals surface area contributed by atoms with Crippen molar-refractivity contribution in [1.82, 2.24) is 0 Å². The first-order valence-electron chi connectivity index (χ1n) is 22.2. The molecule has 1 aromatic carbocycles. The average Bonchev–Trinajstić information content (AvgIpc) is 3.34. The highest BCUT2D eigenvalue weighted by Gasteiger charge is 2.58. The highest BCUT2D eigenvalue weighted by atomic mass is 16.8. The molecule has 18 N–H and O–H groups in total. The van der Waals surface area contributed by atoms with Crippen molar-refractivity contribution in [2.45, 2.75) is 173 Å². The van der Waals surface area contributed by atoms with Crippen LogP contribution >= 0.6 is 0 Å². The lowest BCUT2D eigenvalue weighted by molar-refractivity contribution is -0.383. The van der Waals surface area contributed by atoms with Crippen molar-refractivity contribution < 1.29 is 134 Å². The molecule has 0 radical (unpaired) electrons. The van der Waals surface area contributed by atoms with Gasteiger partial charge in [-0.05, 0) is 5.56 Å². The van der Waals surface area contributed by atoms with Gasteiger partial charge in [-0.3, -0.25) is 0 Å². The largest absolute Gasteiger partial charge is 0.477 e. The molecule has 5 aliphatic heterocycles. The van der Waals surface area contributed by atoms with Crippen LogP contribution in [0.3, 0.4) is 0 Å². The van der Waals surface area contributed by atoms with E-state index < -0.39 is 204 Å². The maximum atomic E-state index is 12.8. The van der Waals surface area contributed by atoms with Gasteiger partial charge in [0, 0.05) is 12.3 Å². The zero-order valence-electron chi connectivity index (χ0n) is 37.0. The second-order valence-electron chi connectivity index (χ2n) is 17.6. The molecule has 0 bridgehead atoms. The van der Waals surface area contributed by atoms with E-state index in [1.165, 1.54) is 6.92 Å². The van der Waals surface area contributed by atoms with Gasteiger partial charge in [-0.1, -0.05) is 37.3 Å². The number of carbonyl (C=O) groups is 1. The summed E-state index contributed by atoms with van der Waals surface area (Å²) in [5, 5.41) is 170. The predicted molar refractivity (Wildman–Crippen MR) is 218 cm³/mol. The smallest absolute Gasteiger partial charge is 0.364 e. The summed E-state index contributed by atoms with van der Waals surface area (Å²) >= 11 is 0. The van der Waals surface area contributed by atoms with Gasteiger partial charge in [0.1, 0.15) is 104 Å². The van der Waals surface area contributed by atoms with Crippen LogP contribution in [0.4, 0.5) is 0 Å². The van der Waals surface area contributed by atoms with Crippen molar-refractivity contribution in [2.24, 2.45) is 11.7 Å². The number of nitrogens with two attached hydrogens (primary N) is 1. The second kappa shape index (κ2) is 24.1. The van der Waals surface area contributed by atoms with E-state index in [-0.39, 0.29) is 6.61 Å². The van der Waals surface area contributed by atoms with E-state index >= 15 is 0 Å². The van der Waals surface area contributed by atoms with E-state index in [1.807, 2.05) is 0 Å². The predicted octanol–water partition coefficient (Wildman–Crippen LogP) is -9.25. The maximum Gasteiger partial charge on any atom is 0.364 e. The lowest BCUT2D eigenvalue weighted by atomic mass is 9.84. The molecule has 0 aliphatic carbocycles. The van der Waals surface area contributed by atoms with Crippen LogP contribution < -0.4 is 5.73 Å². The second-order valence-corrected chi connectivity index (χ2v) is 17.6. The Bertz CT molecular complexity index is 1740. The highest BCUT2D eigenvalue weighted by molar-refractivity contribution is 5.76. The fourth-order valence-electron chi connectivity index (χ4n) is 8.72. The third-order valence-corrected chi connectivity index (χ3v) is 13.0. The summed E-state index contributed by atoms with van der Waals surface area (Å²) in [7, 11) is 0. The number of aliphatic hydroxyl groups excluding tert-OH is 15. The Morgan fingerprint density at radius 2 is 1.20 bits per heavy atom. The van der Waals surface area contributed by atoms with Gasteiger partial charge in [-0.2, -0.15) is 0 Å². The lowest BCUT2D eigenvalue weighted by Crippen LogP contribution is -2.69. The number of rotatable bonds is 19. The minimum Gasteiger partial charge on any atom is -0.477 e. The molecule has 5 saturated heterocycles. The van der Waals surface area contributed by atoms with Gasteiger partial charge < -0.3 is 135 Å². The molecule has 0 spiro atoms. The molecule has 0 aromatic heterocycles. The van der Waals surface area contributed by atoms with Crippen molar-refractivity contribution in [3.63, 3.8) is 0 Å². The molecule has 0 saturated carbocycles. The van der Waals surface area contributed by atoms with Gasteiger partial charge in [0.05, 0.1) is 57.9 Å². The Morgan fingerprint density at radius 3 is 1.81 bits per heavy atom. The standard InChI is InChI=1S/C41H65NO27/c1-14-16(47)7-41(40(58)59,69-32(14)23(49)17(48)8-43)61-13-21-26(52)34(67-38-29(55)27(53)24(50)18(9-44)62-38)22(42)36(65-21)68-35-25(51)19(10-45)63-39(31(35)57)66-33-20(11-46)64-37(30(56)28(33)54)60-12-15-5-3-2-4-6-15/h2-6,14,16-39,43-57H,7-13,42H2,1H3,(H,58,59)/t14-,16-,17-,18?,19?,20?,21?,22?,23-,24+,25+,26-,27+,28-,29?,30?,31?,32?,33-,34-,35+,36+,37-,38+,39+,41-/m1/s1. The molecule has 28 heteroatoms. The molecular weight excluding hydrogens is 938 g/mol. The topological polar surface area (TPSA) is 459 Å². The molecule has 28 nitrogen and oxygen atoms in total. The normalized spacial score (nSPS) is 46.2. The zero-order valence-corrected chi connectivity index (χ0v) is 37.0. The van der Waals surface area contributed by atoms with E-state index in [2.05, 4.69) is 0 Å². The van der Waals surface area contributed by atoms with Crippen LogP contribution in [0.5, 0.6) is 0 Å². The Labute approximate surface area is 393 Å². The van der Waals surface area contributed by atoms with Gasteiger partial charge >= 0.3 is 5.97 Å². The van der Waals surface area contributed by atoms with E-state index in [0.717, 1.165) is 0 Å². The van der Waals surface area contributed by atoms with Crippen molar-refractivity contribution in [3.8, 4) is 0 Å². The van der Waals surface area contributed by atoms with Crippen LogP contribution in [0.15, 0.2) is 30.3 Å². The summed E-state index contributed by atoms with van der Waals surface area (Å²) in [6, 6.07) is 6.91. The number of aliphatic hydroxyl groups is 15. The highest BCUT2D eigenvalue weighted by Crippen LogP contribution is 2.39. The lowest BCUT2D eigenvalue weighted by Gasteiger charge is -2.50.